The van der Waals surface area contributed by atoms with Gasteiger partial charge in [-0.1, -0.05) is 17.7 Å². The first-order chi connectivity index (χ1) is 11.6. The number of carbonyl (C=O) groups excluding carboxylic acids is 1. The van der Waals surface area contributed by atoms with Crippen molar-refractivity contribution in [3.63, 3.8) is 0 Å². The van der Waals surface area contributed by atoms with Crippen LogP contribution in [0.2, 0.25) is 5.02 Å². The molecule has 3 aromatic rings. The number of nitrogens with zero attached hydrogens (tertiary/aromatic N) is 2. The number of hydrogen-bond acceptors (Lipinski definition) is 3. The van der Waals surface area contributed by atoms with Gasteiger partial charge in [0, 0.05) is 17.4 Å². The molecule has 0 aliphatic heterocycles. The van der Waals surface area contributed by atoms with Gasteiger partial charge in [-0.05, 0) is 42.8 Å². The smallest absolute Gasteiger partial charge is 0.223 e. The van der Waals surface area contributed by atoms with Crippen LogP contribution in [0, 0.1) is 6.92 Å². The van der Waals surface area contributed by atoms with Crippen LogP contribution >= 0.6 is 11.6 Å². The number of ether oxygens (including phenoxy) is 1. The molecule has 1 aromatic carbocycles. The van der Waals surface area contributed by atoms with E-state index in [1.807, 2.05) is 35.9 Å². The Balaban J connectivity index is 1.46. The molecule has 0 saturated heterocycles. The standard InChI is InChI=1S/C18H18ClN3O2/c1-13-3-2-9-22-12-15(21-18(13)22)11-20-17(23)8-10-24-16-6-4-14(19)5-7-16/h2-7,9,12H,8,10-11H2,1H3,(H,20,23). The lowest BCUT2D eigenvalue weighted by atomic mass is 10.3. The molecule has 3 rings (SSSR count). The van der Waals surface area contributed by atoms with Crippen molar-refractivity contribution in [3.8, 4) is 5.75 Å². The summed E-state index contributed by atoms with van der Waals surface area (Å²) in [5.41, 5.74) is 2.84. The van der Waals surface area contributed by atoms with Crippen molar-refractivity contribution >= 4 is 23.2 Å². The van der Waals surface area contributed by atoms with Crippen molar-refractivity contribution < 1.29 is 9.53 Å². The van der Waals surface area contributed by atoms with Crippen LogP contribution in [-0.2, 0) is 11.3 Å². The fourth-order valence-corrected chi connectivity index (χ4v) is 2.49. The maximum Gasteiger partial charge on any atom is 0.223 e. The molecule has 0 spiro atoms. The van der Waals surface area contributed by atoms with Crippen molar-refractivity contribution in [2.24, 2.45) is 0 Å². The largest absolute Gasteiger partial charge is 0.493 e. The molecular formula is C18H18ClN3O2. The molecule has 5 nitrogen and oxygen atoms in total. The van der Waals surface area contributed by atoms with E-state index in [4.69, 9.17) is 16.3 Å². The predicted molar refractivity (Wildman–Crippen MR) is 93.3 cm³/mol. The number of halogens is 1. The van der Waals surface area contributed by atoms with E-state index in [9.17, 15) is 4.79 Å². The number of fused-ring (bicyclic) bond motifs is 1. The van der Waals surface area contributed by atoms with E-state index in [-0.39, 0.29) is 12.3 Å². The first kappa shape index (κ1) is 16.3. The molecule has 2 aromatic heterocycles. The van der Waals surface area contributed by atoms with Gasteiger partial charge in [0.15, 0.2) is 0 Å². The predicted octanol–water partition coefficient (Wildman–Crippen LogP) is 3.38. The minimum absolute atomic E-state index is 0.0715. The molecule has 0 fully saturated rings. The summed E-state index contributed by atoms with van der Waals surface area (Å²) in [7, 11) is 0. The number of benzene rings is 1. The first-order valence-electron chi connectivity index (χ1n) is 7.70. The van der Waals surface area contributed by atoms with Gasteiger partial charge >= 0.3 is 0 Å². The maximum atomic E-state index is 11.9. The topological polar surface area (TPSA) is 55.6 Å². The second-order valence-electron chi connectivity index (χ2n) is 5.48. The number of aryl methyl sites for hydroxylation is 1. The normalized spacial score (nSPS) is 10.8. The summed E-state index contributed by atoms with van der Waals surface area (Å²) in [6.07, 6.45) is 4.16. The van der Waals surface area contributed by atoms with Crippen LogP contribution in [0.5, 0.6) is 5.75 Å². The highest BCUT2D eigenvalue weighted by Crippen LogP contribution is 2.15. The summed E-state index contributed by atoms with van der Waals surface area (Å²) in [6, 6.07) is 11.0. The molecule has 1 amide bonds. The van der Waals surface area contributed by atoms with Crippen LogP contribution in [0.3, 0.4) is 0 Å². The van der Waals surface area contributed by atoms with Gasteiger partial charge in [0.05, 0.1) is 25.3 Å². The Morgan fingerprint density at radius 3 is 2.83 bits per heavy atom. The van der Waals surface area contributed by atoms with Crippen molar-refractivity contribution in [1.82, 2.24) is 14.7 Å². The quantitative estimate of drug-likeness (QED) is 0.746. The van der Waals surface area contributed by atoms with Gasteiger partial charge in [0.25, 0.3) is 0 Å². The molecule has 0 unspecified atom stereocenters. The zero-order chi connectivity index (χ0) is 16.9. The average Bonchev–Trinajstić information content (AvgIpc) is 2.99. The Bertz CT molecular complexity index is 843. The monoisotopic (exact) mass is 343 g/mol. The fourth-order valence-electron chi connectivity index (χ4n) is 2.36. The Hall–Kier alpha value is -2.53. The zero-order valence-electron chi connectivity index (χ0n) is 13.3. The highest BCUT2D eigenvalue weighted by atomic mass is 35.5. The number of nitrogens with one attached hydrogen (secondary N) is 1. The van der Waals surface area contributed by atoms with Crippen LogP contribution in [0.25, 0.3) is 5.65 Å². The minimum atomic E-state index is -0.0715. The van der Waals surface area contributed by atoms with Gasteiger partial charge in [-0.15, -0.1) is 0 Å². The second kappa shape index (κ2) is 7.36. The highest BCUT2D eigenvalue weighted by molar-refractivity contribution is 6.30. The molecular weight excluding hydrogens is 326 g/mol. The van der Waals surface area contributed by atoms with Crippen LogP contribution in [0.1, 0.15) is 17.7 Å². The van der Waals surface area contributed by atoms with Gasteiger partial charge in [0.2, 0.25) is 5.91 Å². The number of amides is 1. The molecule has 0 radical (unpaired) electrons. The maximum absolute atomic E-state index is 11.9. The highest BCUT2D eigenvalue weighted by Gasteiger charge is 2.06. The van der Waals surface area contributed by atoms with Crippen LogP contribution in [0.4, 0.5) is 0 Å². The number of hydrogen-bond donors (Lipinski definition) is 1. The summed E-state index contributed by atoms with van der Waals surface area (Å²) in [5.74, 6) is 0.626. The molecule has 24 heavy (non-hydrogen) atoms. The van der Waals surface area contributed by atoms with Gasteiger partial charge in [-0.3, -0.25) is 4.79 Å². The van der Waals surface area contributed by atoms with E-state index in [0.717, 1.165) is 16.9 Å². The lowest BCUT2D eigenvalue weighted by Crippen LogP contribution is -2.24. The van der Waals surface area contributed by atoms with E-state index in [1.165, 1.54) is 0 Å². The lowest BCUT2D eigenvalue weighted by Gasteiger charge is -2.06. The summed E-state index contributed by atoms with van der Waals surface area (Å²) in [4.78, 5) is 16.4. The second-order valence-corrected chi connectivity index (χ2v) is 5.92. The van der Waals surface area contributed by atoms with E-state index >= 15 is 0 Å². The van der Waals surface area contributed by atoms with Crippen LogP contribution in [-0.4, -0.2) is 21.9 Å². The molecule has 124 valence electrons. The number of pyridine rings is 1. The molecule has 0 saturated carbocycles. The number of rotatable bonds is 6. The van der Waals surface area contributed by atoms with E-state index in [2.05, 4.69) is 10.3 Å². The van der Waals surface area contributed by atoms with E-state index in [1.54, 1.807) is 24.3 Å². The third-order valence-electron chi connectivity index (χ3n) is 3.61. The van der Waals surface area contributed by atoms with Crippen molar-refractivity contribution in [3.05, 3.63) is 65.1 Å². The minimum Gasteiger partial charge on any atom is -0.493 e. The fraction of sp³-hybridized carbons (Fsp3) is 0.222. The van der Waals surface area contributed by atoms with E-state index in [0.29, 0.717) is 23.9 Å². The Kier molecular flexibility index (Phi) is 5.01. The Morgan fingerprint density at radius 2 is 2.08 bits per heavy atom. The number of carbonyl (C=O) groups is 1. The molecule has 0 bridgehead atoms. The molecule has 6 heteroatoms. The Morgan fingerprint density at radius 1 is 1.29 bits per heavy atom. The Labute approximate surface area is 145 Å². The van der Waals surface area contributed by atoms with Gasteiger partial charge in [-0.25, -0.2) is 4.98 Å². The number of aromatic nitrogens is 2. The van der Waals surface area contributed by atoms with Gasteiger partial charge in [0.1, 0.15) is 11.4 Å². The molecule has 1 N–H and O–H groups in total. The van der Waals surface area contributed by atoms with Crippen LogP contribution < -0.4 is 10.1 Å². The van der Waals surface area contributed by atoms with Gasteiger partial charge in [-0.2, -0.15) is 0 Å². The third kappa shape index (κ3) is 4.06. The summed E-state index contributed by atoms with van der Waals surface area (Å²) in [5, 5.41) is 3.51. The third-order valence-corrected chi connectivity index (χ3v) is 3.86. The van der Waals surface area contributed by atoms with Gasteiger partial charge < -0.3 is 14.5 Å². The summed E-state index contributed by atoms with van der Waals surface area (Å²) in [6.45, 7) is 2.73. The summed E-state index contributed by atoms with van der Waals surface area (Å²) < 4.78 is 7.47. The summed E-state index contributed by atoms with van der Waals surface area (Å²) >= 11 is 5.81. The van der Waals surface area contributed by atoms with E-state index < -0.39 is 0 Å². The van der Waals surface area contributed by atoms with Crippen molar-refractivity contribution in [1.29, 1.82) is 0 Å². The molecule has 2 heterocycles. The SMILES string of the molecule is Cc1cccn2cc(CNC(=O)CCOc3ccc(Cl)cc3)nc12. The number of imidazole rings is 1. The average molecular weight is 344 g/mol. The van der Waals surface area contributed by atoms with Crippen LogP contribution in [0.15, 0.2) is 48.8 Å². The molecule has 0 aliphatic carbocycles. The molecule has 0 atom stereocenters. The van der Waals surface area contributed by atoms with Crippen molar-refractivity contribution in [2.45, 2.75) is 19.9 Å². The zero-order valence-corrected chi connectivity index (χ0v) is 14.1. The van der Waals surface area contributed by atoms with Crippen molar-refractivity contribution in [2.75, 3.05) is 6.61 Å². The first-order valence-corrected chi connectivity index (χ1v) is 8.08. The lowest BCUT2D eigenvalue weighted by molar-refractivity contribution is -0.121. The molecule has 0 aliphatic rings.